The minimum atomic E-state index is 0.681. The first-order valence-electron chi connectivity index (χ1n) is 3.95. The van der Waals surface area contributed by atoms with E-state index in [-0.39, 0.29) is 0 Å². The van der Waals surface area contributed by atoms with Gasteiger partial charge in [0.2, 0.25) is 0 Å². The summed E-state index contributed by atoms with van der Waals surface area (Å²) in [7, 11) is 1.60. The van der Waals surface area contributed by atoms with E-state index in [2.05, 4.69) is 16.8 Å². The van der Waals surface area contributed by atoms with Crippen molar-refractivity contribution in [2.45, 2.75) is 6.92 Å². The molecule has 0 bridgehead atoms. The van der Waals surface area contributed by atoms with Crippen molar-refractivity contribution in [3.8, 4) is 0 Å². The normalized spacial score (nSPS) is 11.1. The van der Waals surface area contributed by atoms with Gasteiger partial charge in [0.1, 0.15) is 11.5 Å². The molecule has 0 spiro atoms. The minimum Gasteiger partial charge on any atom is -0.494 e. The zero-order chi connectivity index (χ0) is 9.68. The van der Waals surface area contributed by atoms with Crippen molar-refractivity contribution in [2.24, 2.45) is 0 Å². The van der Waals surface area contributed by atoms with Crippen molar-refractivity contribution in [2.75, 3.05) is 7.11 Å². The predicted octanol–water partition coefficient (Wildman–Crippen LogP) is 1.96. The molecule has 1 aromatic heterocycles. The number of methoxy groups -OCH3 is 1. The van der Waals surface area contributed by atoms with E-state index in [1.54, 1.807) is 25.5 Å². The van der Waals surface area contributed by atoms with Crippen LogP contribution < -0.4 is 0 Å². The van der Waals surface area contributed by atoms with Gasteiger partial charge in [-0.1, -0.05) is 12.7 Å². The summed E-state index contributed by atoms with van der Waals surface area (Å²) in [4.78, 5) is 0. The number of rotatable bonds is 3. The topological polar surface area (TPSA) is 35.0 Å². The lowest BCUT2D eigenvalue weighted by Crippen LogP contribution is -1.96. The fraction of sp³-hybridized carbons (Fsp3) is 0.200. The first-order chi connectivity index (χ1) is 6.29. The molecule has 0 aliphatic rings. The van der Waals surface area contributed by atoms with Crippen LogP contribution in [-0.4, -0.2) is 17.3 Å². The Morgan fingerprint density at radius 1 is 1.62 bits per heavy atom. The summed E-state index contributed by atoms with van der Waals surface area (Å²) >= 11 is 0. The zero-order valence-electron chi connectivity index (χ0n) is 7.82. The molecular weight excluding hydrogens is 164 g/mol. The monoisotopic (exact) mass is 176 g/mol. The average molecular weight is 176 g/mol. The number of hydrogen-bond donors (Lipinski definition) is 0. The van der Waals surface area contributed by atoms with Crippen molar-refractivity contribution >= 4 is 5.76 Å². The Balaban J connectivity index is 3.12. The van der Waals surface area contributed by atoms with Gasteiger partial charge in [0.15, 0.2) is 0 Å². The first-order valence-corrected chi connectivity index (χ1v) is 3.95. The summed E-state index contributed by atoms with van der Waals surface area (Å²) in [6.07, 6.45) is 5.07. The molecule has 1 aromatic rings. The van der Waals surface area contributed by atoms with Gasteiger partial charge in [-0.25, -0.2) is 0 Å². The van der Waals surface area contributed by atoms with Gasteiger partial charge in [-0.3, -0.25) is 0 Å². The van der Waals surface area contributed by atoms with Gasteiger partial charge in [-0.05, 0) is 24.6 Å². The highest BCUT2D eigenvalue weighted by Gasteiger charge is 2.05. The number of nitrogens with zero attached hydrogens (tertiary/aromatic N) is 2. The molecule has 0 unspecified atom stereocenters. The molecule has 0 N–H and O–H groups in total. The third kappa shape index (κ3) is 2.15. The highest BCUT2D eigenvalue weighted by Crippen LogP contribution is 2.15. The minimum absolute atomic E-state index is 0.681. The molecule has 0 radical (unpaired) electrons. The average Bonchev–Trinajstić information content (AvgIpc) is 2.16. The molecule has 3 heteroatoms. The second-order valence-corrected chi connectivity index (χ2v) is 2.53. The van der Waals surface area contributed by atoms with Gasteiger partial charge in [0.25, 0.3) is 0 Å². The Morgan fingerprint density at radius 3 is 2.92 bits per heavy atom. The van der Waals surface area contributed by atoms with Crippen molar-refractivity contribution in [3.63, 3.8) is 0 Å². The van der Waals surface area contributed by atoms with E-state index >= 15 is 0 Å². The molecule has 0 amide bonds. The fourth-order valence-corrected chi connectivity index (χ4v) is 0.988. The SMILES string of the molecule is C=C/C=C(/OC)c1nnccc1C. The lowest BCUT2D eigenvalue weighted by atomic mass is 10.2. The molecular formula is C10H12N2O. The Labute approximate surface area is 77.8 Å². The molecule has 1 rings (SSSR count). The summed E-state index contributed by atoms with van der Waals surface area (Å²) in [6, 6.07) is 1.89. The second-order valence-electron chi connectivity index (χ2n) is 2.53. The van der Waals surface area contributed by atoms with Crippen molar-refractivity contribution in [3.05, 3.63) is 42.3 Å². The standard InChI is InChI=1S/C10H12N2O/c1-4-5-9(13-3)10-8(2)6-7-11-12-10/h4-7H,1H2,2-3H3/b9-5+. The van der Waals surface area contributed by atoms with E-state index in [9.17, 15) is 0 Å². The summed E-state index contributed by atoms with van der Waals surface area (Å²) in [5.41, 5.74) is 1.79. The molecule has 0 aromatic carbocycles. The number of aromatic nitrogens is 2. The van der Waals surface area contributed by atoms with Crippen LogP contribution in [0.2, 0.25) is 0 Å². The van der Waals surface area contributed by atoms with Crippen LogP contribution in [0.1, 0.15) is 11.3 Å². The Bertz CT molecular complexity index is 331. The van der Waals surface area contributed by atoms with E-state index < -0.39 is 0 Å². The maximum absolute atomic E-state index is 5.14. The van der Waals surface area contributed by atoms with Crippen LogP contribution in [0.3, 0.4) is 0 Å². The van der Waals surface area contributed by atoms with Crippen molar-refractivity contribution in [1.82, 2.24) is 10.2 Å². The lowest BCUT2D eigenvalue weighted by Gasteiger charge is -2.05. The van der Waals surface area contributed by atoms with E-state index in [1.165, 1.54) is 0 Å². The van der Waals surface area contributed by atoms with Crippen LogP contribution in [-0.2, 0) is 4.74 Å². The summed E-state index contributed by atoms with van der Waals surface area (Å²) in [5, 5.41) is 7.77. The molecule has 0 aliphatic heterocycles. The number of ether oxygens (including phenoxy) is 1. The molecule has 3 nitrogen and oxygen atoms in total. The van der Waals surface area contributed by atoms with Gasteiger partial charge in [-0.2, -0.15) is 5.10 Å². The molecule has 0 aliphatic carbocycles. The van der Waals surface area contributed by atoms with E-state index in [0.717, 1.165) is 11.3 Å². The number of allylic oxidation sites excluding steroid dienone is 2. The number of aryl methyl sites for hydroxylation is 1. The molecule has 0 atom stereocenters. The van der Waals surface area contributed by atoms with Crippen molar-refractivity contribution in [1.29, 1.82) is 0 Å². The highest BCUT2D eigenvalue weighted by molar-refractivity contribution is 5.60. The Hall–Kier alpha value is -1.64. The molecule has 0 fully saturated rings. The molecule has 0 saturated heterocycles. The molecule has 0 saturated carbocycles. The maximum Gasteiger partial charge on any atom is 0.146 e. The largest absolute Gasteiger partial charge is 0.494 e. The van der Waals surface area contributed by atoms with Crippen LogP contribution >= 0.6 is 0 Å². The van der Waals surface area contributed by atoms with E-state index in [0.29, 0.717) is 5.76 Å². The van der Waals surface area contributed by atoms with Crippen LogP contribution in [0.4, 0.5) is 0 Å². The first kappa shape index (κ1) is 9.45. The highest BCUT2D eigenvalue weighted by atomic mass is 16.5. The van der Waals surface area contributed by atoms with Gasteiger partial charge >= 0.3 is 0 Å². The Morgan fingerprint density at radius 2 is 2.38 bits per heavy atom. The number of hydrogen-bond acceptors (Lipinski definition) is 3. The summed E-state index contributed by atoms with van der Waals surface area (Å²) in [6.45, 7) is 5.56. The molecule has 1 heterocycles. The van der Waals surface area contributed by atoms with Gasteiger partial charge in [0.05, 0.1) is 7.11 Å². The smallest absolute Gasteiger partial charge is 0.146 e. The van der Waals surface area contributed by atoms with Gasteiger partial charge < -0.3 is 4.74 Å². The Kier molecular flexibility index (Phi) is 3.20. The van der Waals surface area contributed by atoms with Crippen LogP contribution in [0.5, 0.6) is 0 Å². The molecule has 13 heavy (non-hydrogen) atoms. The van der Waals surface area contributed by atoms with Crippen LogP contribution in [0, 0.1) is 6.92 Å². The van der Waals surface area contributed by atoms with Crippen molar-refractivity contribution < 1.29 is 4.74 Å². The van der Waals surface area contributed by atoms with E-state index in [1.807, 2.05) is 13.0 Å². The van der Waals surface area contributed by atoms with Crippen LogP contribution in [0.15, 0.2) is 31.0 Å². The maximum atomic E-state index is 5.14. The van der Waals surface area contributed by atoms with Gasteiger partial charge in [-0.15, -0.1) is 5.10 Å². The van der Waals surface area contributed by atoms with Crippen LogP contribution in [0.25, 0.3) is 5.76 Å². The third-order valence-electron chi connectivity index (χ3n) is 1.64. The van der Waals surface area contributed by atoms with Gasteiger partial charge in [0, 0.05) is 6.20 Å². The predicted molar refractivity (Wildman–Crippen MR) is 52.0 cm³/mol. The zero-order valence-corrected chi connectivity index (χ0v) is 7.82. The third-order valence-corrected chi connectivity index (χ3v) is 1.64. The molecule has 68 valence electrons. The quantitative estimate of drug-likeness (QED) is 0.521. The second kappa shape index (κ2) is 4.40. The fourth-order valence-electron chi connectivity index (χ4n) is 0.988. The lowest BCUT2D eigenvalue weighted by molar-refractivity contribution is 0.367. The summed E-state index contributed by atoms with van der Waals surface area (Å²) < 4.78 is 5.14. The van der Waals surface area contributed by atoms with E-state index in [4.69, 9.17) is 4.74 Å². The summed E-state index contributed by atoms with van der Waals surface area (Å²) in [5.74, 6) is 0.681.